The Morgan fingerprint density at radius 1 is 1.14 bits per heavy atom. The number of amides is 1. The van der Waals surface area contributed by atoms with E-state index in [1.807, 2.05) is 24.3 Å². The van der Waals surface area contributed by atoms with E-state index in [9.17, 15) is 9.59 Å². The van der Waals surface area contributed by atoms with Gasteiger partial charge in [-0.2, -0.15) is 10.2 Å². The van der Waals surface area contributed by atoms with Crippen LogP contribution in [0.4, 0.5) is 0 Å². The highest BCUT2D eigenvalue weighted by atomic mass is 16.5. The van der Waals surface area contributed by atoms with Crippen LogP contribution in [0.3, 0.4) is 0 Å². The van der Waals surface area contributed by atoms with Crippen LogP contribution in [-0.4, -0.2) is 28.9 Å². The molecule has 1 aromatic heterocycles. The normalized spacial score (nSPS) is 11.0. The van der Waals surface area contributed by atoms with Gasteiger partial charge in [-0.1, -0.05) is 38.0 Å². The first-order valence-corrected chi connectivity index (χ1v) is 9.22. The monoisotopic (exact) mass is 378 g/mol. The Morgan fingerprint density at radius 3 is 2.64 bits per heavy atom. The van der Waals surface area contributed by atoms with Crippen molar-refractivity contribution in [2.24, 2.45) is 5.10 Å². The zero-order valence-electron chi connectivity index (χ0n) is 15.6. The molecule has 0 saturated heterocycles. The summed E-state index contributed by atoms with van der Waals surface area (Å²) < 4.78 is 5.66. The number of nitrogens with one attached hydrogen (secondary N) is 2. The minimum absolute atomic E-state index is 0.114. The van der Waals surface area contributed by atoms with Crippen molar-refractivity contribution in [3.63, 3.8) is 0 Å². The molecule has 0 unspecified atom stereocenters. The molecule has 0 aliphatic rings. The zero-order valence-corrected chi connectivity index (χ0v) is 15.6. The van der Waals surface area contributed by atoms with Crippen LogP contribution in [0.15, 0.2) is 58.4 Å². The first kappa shape index (κ1) is 19.3. The van der Waals surface area contributed by atoms with Gasteiger partial charge < -0.3 is 4.74 Å². The summed E-state index contributed by atoms with van der Waals surface area (Å²) in [7, 11) is 0. The van der Waals surface area contributed by atoms with Crippen LogP contribution in [0.5, 0.6) is 5.75 Å². The Hall–Kier alpha value is -3.48. The van der Waals surface area contributed by atoms with Crippen LogP contribution >= 0.6 is 0 Å². The summed E-state index contributed by atoms with van der Waals surface area (Å²) in [5, 5.41) is 11.0. The van der Waals surface area contributed by atoms with Crippen LogP contribution < -0.4 is 15.7 Å². The number of hydrogen-bond donors (Lipinski definition) is 2. The lowest BCUT2D eigenvalue weighted by molar-refractivity contribution is 0.0951. The number of rotatable bonds is 8. The Morgan fingerprint density at radius 2 is 1.89 bits per heavy atom. The van der Waals surface area contributed by atoms with Crippen molar-refractivity contribution in [2.45, 2.75) is 26.2 Å². The number of aromatic amines is 1. The molecule has 144 valence electrons. The van der Waals surface area contributed by atoms with Crippen LogP contribution in [0.2, 0.25) is 0 Å². The van der Waals surface area contributed by atoms with E-state index in [-0.39, 0.29) is 11.3 Å². The Bertz CT molecular complexity index is 1030. The molecular weight excluding hydrogens is 356 g/mol. The maximum atomic E-state index is 12.4. The van der Waals surface area contributed by atoms with Crippen molar-refractivity contribution in [1.82, 2.24) is 15.6 Å². The molecular formula is C21H22N4O3. The summed E-state index contributed by atoms with van der Waals surface area (Å²) in [5.74, 6) is 0.306. The minimum atomic E-state index is -0.500. The van der Waals surface area contributed by atoms with Crippen molar-refractivity contribution >= 4 is 22.9 Å². The standard InChI is InChI=1S/C21H22N4O3/c1-2-3-6-13-28-16-11-9-15(10-12-16)14-22-24-21(27)19-17-7-4-5-8-18(17)20(26)25-23-19/h4-5,7-12,14H,2-3,6,13H2,1H3,(H,24,27)(H,25,26)/b22-14-. The van der Waals surface area contributed by atoms with Crippen LogP contribution in [0.1, 0.15) is 42.2 Å². The number of fused-ring (bicyclic) bond motifs is 1. The van der Waals surface area contributed by atoms with Gasteiger partial charge in [0.2, 0.25) is 0 Å². The molecule has 0 spiro atoms. The van der Waals surface area contributed by atoms with Gasteiger partial charge in [0.1, 0.15) is 5.75 Å². The number of carbonyl (C=O) groups excluding carboxylic acids is 1. The lowest BCUT2D eigenvalue weighted by atomic mass is 10.1. The predicted octanol–water partition coefficient (Wildman–Crippen LogP) is 3.26. The Kier molecular flexibility index (Phi) is 6.51. The molecule has 28 heavy (non-hydrogen) atoms. The number of carbonyl (C=O) groups is 1. The van der Waals surface area contributed by atoms with Gasteiger partial charge in [0.15, 0.2) is 5.69 Å². The van der Waals surface area contributed by atoms with E-state index < -0.39 is 5.91 Å². The van der Waals surface area contributed by atoms with E-state index in [0.29, 0.717) is 17.4 Å². The number of H-pyrrole nitrogens is 1. The highest BCUT2D eigenvalue weighted by Gasteiger charge is 2.13. The molecule has 0 radical (unpaired) electrons. The number of aromatic nitrogens is 2. The smallest absolute Gasteiger partial charge is 0.292 e. The third kappa shape index (κ3) is 4.82. The summed E-state index contributed by atoms with van der Waals surface area (Å²) in [6.07, 6.45) is 4.89. The maximum Gasteiger partial charge on any atom is 0.292 e. The van der Waals surface area contributed by atoms with E-state index in [1.54, 1.807) is 24.3 Å². The molecule has 0 atom stereocenters. The third-order valence-corrected chi connectivity index (χ3v) is 4.19. The fourth-order valence-electron chi connectivity index (χ4n) is 2.70. The molecule has 7 heteroatoms. The second kappa shape index (κ2) is 9.45. The zero-order chi connectivity index (χ0) is 19.8. The van der Waals surface area contributed by atoms with Crippen molar-refractivity contribution in [3.8, 4) is 5.75 Å². The first-order chi connectivity index (χ1) is 13.7. The molecule has 2 aromatic carbocycles. The molecule has 7 nitrogen and oxygen atoms in total. The maximum absolute atomic E-state index is 12.4. The lowest BCUT2D eigenvalue weighted by Gasteiger charge is -2.05. The molecule has 1 amide bonds. The lowest BCUT2D eigenvalue weighted by Crippen LogP contribution is -2.22. The van der Waals surface area contributed by atoms with Crippen LogP contribution in [0, 0.1) is 0 Å². The van der Waals surface area contributed by atoms with Gasteiger partial charge in [-0.15, -0.1) is 0 Å². The molecule has 0 fully saturated rings. The summed E-state index contributed by atoms with van der Waals surface area (Å²) in [6, 6.07) is 14.2. The largest absolute Gasteiger partial charge is 0.494 e. The Labute approximate surface area is 162 Å². The number of benzene rings is 2. The molecule has 3 rings (SSSR count). The summed E-state index contributed by atoms with van der Waals surface area (Å²) >= 11 is 0. The number of hydrazone groups is 1. The summed E-state index contributed by atoms with van der Waals surface area (Å²) in [6.45, 7) is 2.86. The Balaban J connectivity index is 1.61. The fourth-order valence-corrected chi connectivity index (χ4v) is 2.70. The van der Waals surface area contributed by atoms with E-state index >= 15 is 0 Å². The number of hydrogen-bond acceptors (Lipinski definition) is 5. The van der Waals surface area contributed by atoms with Crippen molar-refractivity contribution < 1.29 is 9.53 Å². The number of unbranched alkanes of at least 4 members (excludes halogenated alkanes) is 2. The van der Waals surface area contributed by atoms with E-state index in [0.717, 1.165) is 30.6 Å². The summed E-state index contributed by atoms with van der Waals surface area (Å²) in [4.78, 5) is 24.1. The predicted molar refractivity (Wildman–Crippen MR) is 109 cm³/mol. The molecule has 0 bridgehead atoms. The topological polar surface area (TPSA) is 96.4 Å². The van der Waals surface area contributed by atoms with E-state index in [4.69, 9.17) is 4.74 Å². The molecule has 3 aromatic rings. The average Bonchev–Trinajstić information content (AvgIpc) is 2.73. The van der Waals surface area contributed by atoms with E-state index in [2.05, 4.69) is 27.6 Å². The van der Waals surface area contributed by atoms with Gasteiger partial charge in [-0.3, -0.25) is 9.59 Å². The molecule has 0 aliphatic carbocycles. The van der Waals surface area contributed by atoms with Gasteiger partial charge in [0.05, 0.1) is 18.2 Å². The van der Waals surface area contributed by atoms with Gasteiger partial charge in [-0.05, 0) is 42.3 Å². The molecule has 0 saturated carbocycles. The van der Waals surface area contributed by atoms with Crippen molar-refractivity contribution in [3.05, 3.63) is 70.1 Å². The number of nitrogens with zero attached hydrogens (tertiary/aromatic N) is 2. The average molecular weight is 378 g/mol. The minimum Gasteiger partial charge on any atom is -0.494 e. The van der Waals surface area contributed by atoms with Crippen LogP contribution in [-0.2, 0) is 0 Å². The molecule has 0 aliphatic heterocycles. The van der Waals surface area contributed by atoms with Gasteiger partial charge in [-0.25, -0.2) is 10.5 Å². The van der Waals surface area contributed by atoms with Crippen molar-refractivity contribution in [1.29, 1.82) is 0 Å². The highest BCUT2D eigenvalue weighted by Crippen LogP contribution is 2.13. The molecule has 1 heterocycles. The second-order valence-electron chi connectivity index (χ2n) is 6.27. The number of ether oxygens (including phenoxy) is 1. The summed E-state index contributed by atoms with van der Waals surface area (Å²) in [5.41, 5.74) is 3.03. The fraction of sp³-hybridized carbons (Fsp3) is 0.238. The SMILES string of the molecule is CCCCCOc1ccc(/C=N\NC(=O)c2n[nH]c(=O)c3ccccc23)cc1. The van der Waals surface area contributed by atoms with Gasteiger partial charge in [0.25, 0.3) is 11.5 Å². The van der Waals surface area contributed by atoms with Crippen molar-refractivity contribution in [2.75, 3.05) is 6.61 Å². The third-order valence-electron chi connectivity index (χ3n) is 4.19. The van der Waals surface area contributed by atoms with Gasteiger partial charge in [0, 0.05) is 5.39 Å². The quantitative estimate of drug-likeness (QED) is 0.357. The highest BCUT2D eigenvalue weighted by molar-refractivity contribution is 6.04. The van der Waals surface area contributed by atoms with E-state index in [1.165, 1.54) is 6.21 Å². The van der Waals surface area contributed by atoms with Crippen LogP contribution in [0.25, 0.3) is 10.8 Å². The van der Waals surface area contributed by atoms with Gasteiger partial charge >= 0.3 is 0 Å². The first-order valence-electron chi connectivity index (χ1n) is 9.22. The second-order valence-corrected chi connectivity index (χ2v) is 6.27. The molecule has 2 N–H and O–H groups in total.